The number of hydrogen-bond donors (Lipinski definition) is 2. The minimum atomic E-state index is -0.445. The maximum absolute atomic E-state index is 12.4. The van der Waals surface area contributed by atoms with Crippen molar-refractivity contribution in [1.29, 1.82) is 0 Å². The van der Waals surface area contributed by atoms with Crippen LogP contribution < -0.4 is 0 Å². The number of aliphatic hydroxyl groups excluding tert-OH is 1. The Morgan fingerprint density at radius 2 is 2.44 bits per heavy atom. The third kappa shape index (κ3) is 2.54. The van der Waals surface area contributed by atoms with Gasteiger partial charge in [-0.25, -0.2) is 0 Å². The third-order valence-corrected chi connectivity index (χ3v) is 3.03. The van der Waals surface area contributed by atoms with Gasteiger partial charge in [0, 0.05) is 18.8 Å². The van der Waals surface area contributed by atoms with Crippen molar-refractivity contribution in [2.75, 3.05) is 19.7 Å². The molecule has 0 saturated carbocycles. The first-order chi connectivity index (χ1) is 8.43. The molecule has 2 heterocycles. The first-order valence-corrected chi connectivity index (χ1v) is 6.01. The van der Waals surface area contributed by atoms with E-state index < -0.39 is 5.60 Å². The van der Waals surface area contributed by atoms with E-state index in [0.717, 1.165) is 5.69 Å². The fourth-order valence-corrected chi connectivity index (χ4v) is 2.28. The number of rotatable bonds is 2. The minimum absolute atomic E-state index is 0.0731. The third-order valence-electron chi connectivity index (χ3n) is 3.03. The summed E-state index contributed by atoms with van der Waals surface area (Å²) < 4.78 is 5.68. The molecule has 1 unspecified atom stereocenters. The van der Waals surface area contributed by atoms with Gasteiger partial charge in [-0.3, -0.25) is 9.89 Å². The smallest absolute Gasteiger partial charge is 0.257 e. The van der Waals surface area contributed by atoms with Crippen molar-refractivity contribution in [1.82, 2.24) is 15.1 Å². The van der Waals surface area contributed by atoms with Crippen LogP contribution in [0.25, 0.3) is 0 Å². The summed E-state index contributed by atoms with van der Waals surface area (Å²) in [6, 6.07) is 0. The van der Waals surface area contributed by atoms with Crippen LogP contribution in [0.3, 0.4) is 0 Å². The second-order valence-corrected chi connectivity index (χ2v) is 5.28. The molecule has 0 aromatic carbocycles. The molecule has 1 aliphatic heterocycles. The standard InChI is InChI=1S/C12H19N3O3/c1-8-10(4-13-14-8)11(17)15-5-9(6-16)18-12(2,3)7-15/h4,9,16H,5-7H2,1-3H3,(H,13,14). The molecule has 18 heavy (non-hydrogen) atoms. The number of nitrogens with zero attached hydrogens (tertiary/aromatic N) is 2. The van der Waals surface area contributed by atoms with Gasteiger partial charge in [0.1, 0.15) is 0 Å². The molecule has 0 spiro atoms. The van der Waals surface area contributed by atoms with Gasteiger partial charge in [0.05, 0.1) is 30.1 Å². The van der Waals surface area contributed by atoms with E-state index in [1.165, 1.54) is 6.20 Å². The Hall–Kier alpha value is -1.40. The molecule has 2 rings (SSSR count). The molecule has 1 aromatic heterocycles. The minimum Gasteiger partial charge on any atom is -0.394 e. The Kier molecular flexibility index (Phi) is 3.41. The highest BCUT2D eigenvalue weighted by molar-refractivity contribution is 5.95. The highest BCUT2D eigenvalue weighted by Crippen LogP contribution is 2.22. The molecule has 1 amide bonds. The summed E-state index contributed by atoms with van der Waals surface area (Å²) >= 11 is 0. The molecular weight excluding hydrogens is 234 g/mol. The molecule has 100 valence electrons. The molecule has 1 atom stereocenters. The van der Waals surface area contributed by atoms with Gasteiger partial charge in [0.2, 0.25) is 0 Å². The van der Waals surface area contributed by atoms with Crippen molar-refractivity contribution >= 4 is 5.91 Å². The summed E-state index contributed by atoms with van der Waals surface area (Å²) in [5.41, 5.74) is 0.883. The van der Waals surface area contributed by atoms with Crippen LogP contribution in [-0.4, -0.2) is 57.5 Å². The van der Waals surface area contributed by atoms with Gasteiger partial charge in [-0.05, 0) is 20.8 Å². The van der Waals surface area contributed by atoms with Crippen molar-refractivity contribution in [2.24, 2.45) is 0 Å². The molecule has 6 heteroatoms. The average Bonchev–Trinajstić information content (AvgIpc) is 2.72. The normalized spacial score (nSPS) is 23.1. The number of carbonyl (C=O) groups is 1. The Morgan fingerprint density at radius 3 is 3.00 bits per heavy atom. The van der Waals surface area contributed by atoms with Crippen molar-refractivity contribution in [3.8, 4) is 0 Å². The number of aromatic nitrogens is 2. The maximum Gasteiger partial charge on any atom is 0.257 e. The summed E-state index contributed by atoms with van der Waals surface area (Å²) in [6.45, 7) is 6.47. The fourth-order valence-electron chi connectivity index (χ4n) is 2.28. The zero-order valence-corrected chi connectivity index (χ0v) is 10.9. The number of aliphatic hydroxyl groups is 1. The zero-order valence-electron chi connectivity index (χ0n) is 10.9. The molecule has 1 aliphatic rings. The predicted molar refractivity (Wildman–Crippen MR) is 65.3 cm³/mol. The molecule has 6 nitrogen and oxygen atoms in total. The Balaban J connectivity index is 2.17. The van der Waals surface area contributed by atoms with Gasteiger partial charge in [0.15, 0.2) is 0 Å². The Morgan fingerprint density at radius 1 is 1.72 bits per heavy atom. The van der Waals surface area contributed by atoms with Gasteiger partial charge in [-0.15, -0.1) is 0 Å². The number of ether oxygens (including phenoxy) is 1. The van der Waals surface area contributed by atoms with E-state index in [4.69, 9.17) is 4.74 Å². The van der Waals surface area contributed by atoms with Gasteiger partial charge in [0.25, 0.3) is 5.91 Å². The topological polar surface area (TPSA) is 78.5 Å². The van der Waals surface area contributed by atoms with Crippen LogP contribution in [0.1, 0.15) is 29.9 Å². The van der Waals surface area contributed by atoms with E-state index >= 15 is 0 Å². The molecule has 1 saturated heterocycles. The van der Waals surface area contributed by atoms with Crippen LogP contribution in [-0.2, 0) is 4.74 Å². The fraction of sp³-hybridized carbons (Fsp3) is 0.667. The van der Waals surface area contributed by atoms with Crippen LogP contribution in [0.15, 0.2) is 6.20 Å². The Bertz CT molecular complexity index is 442. The first kappa shape index (κ1) is 13.0. The van der Waals surface area contributed by atoms with Gasteiger partial charge in [-0.2, -0.15) is 5.10 Å². The second-order valence-electron chi connectivity index (χ2n) is 5.28. The second kappa shape index (κ2) is 4.70. The number of aryl methyl sites for hydroxylation is 1. The van der Waals surface area contributed by atoms with Crippen LogP contribution in [0.4, 0.5) is 0 Å². The van der Waals surface area contributed by atoms with E-state index in [1.54, 1.807) is 4.90 Å². The van der Waals surface area contributed by atoms with Crippen LogP contribution in [0, 0.1) is 6.92 Å². The number of hydrogen-bond acceptors (Lipinski definition) is 4. The number of nitrogens with one attached hydrogen (secondary N) is 1. The van der Waals surface area contributed by atoms with E-state index in [-0.39, 0.29) is 18.6 Å². The average molecular weight is 253 g/mol. The molecule has 0 radical (unpaired) electrons. The summed E-state index contributed by atoms with van der Waals surface area (Å²) in [5, 5.41) is 15.8. The number of aromatic amines is 1. The number of amides is 1. The highest BCUT2D eigenvalue weighted by Gasteiger charge is 2.36. The van der Waals surface area contributed by atoms with Crippen LogP contribution in [0.2, 0.25) is 0 Å². The summed E-state index contributed by atoms with van der Waals surface area (Å²) in [5.74, 6) is -0.0731. The lowest BCUT2D eigenvalue weighted by Gasteiger charge is -2.42. The van der Waals surface area contributed by atoms with Crippen LogP contribution in [0.5, 0.6) is 0 Å². The van der Waals surface area contributed by atoms with Crippen LogP contribution >= 0.6 is 0 Å². The zero-order chi connectivity index (χ0) is 13.3. The lowest BCUT2D eigenvalue weighted by molar-refractivity contribution is -0.139. The number of morpholine rings is 1. The number of carbonyl (C=O) groups excluding carboxylic acids is 1. The monoisotopic (exact) mass is 253 g/mol. The first-order valence-electron chi connectivity index (χ1n) is 6.01. The quantitative estimate of drug-likeness (QED) is 0.796. The van der Waals surface area contributed by atoms with Gasteiger partial charge < -0.3 is 14.7 Å². The molecule has 0 bridgehead atoms. The van der Waals surface area contributed by atoms with Crippen molar-refractivity contribution in [3.05, 3.63) is 17.5 Å². The summed E-state index contributed by atoms with van der Waals surface area (Å²) in [7, 11) is 0. The molecular formula is C12H19N3O3. The maximum atomic E-state index is 12.4. The van der Waals surface area contributed by atoms with E-state index in [9.17, 15) is 9.90 Å². The van der Waals surface area contributed by atoms with E-state index in [1.807, 2.05) is 20.8 Å². The SMILES string of the molecule is Cc1[nH]ncc1C(=O)N1CC(CO)OC(C)(C)C1. The van der Waals surface area contributed by atoms with Gasteiger partial charge in [-0.1, -0.05) is 0 Å². The van der Waals surface area contributed by atoms with Crippen molar-refractivity contribution < 1.29 is 14.6 Å². The lowest BCUT2D eigenvalue weighted by atomic mass is 10.0. The summed E-state index contributed by atoms with van der Waals surface area (Å²) in [4.78, 5) is 14.1. The molecule has 1 fully saturated rings. The highest BCUT2D eigenvalue weighted by atomic mass is 16.5. The van der Waals surface area contributed by atoms with Gasteiger partial charge >= 0.3 is 0 Å². The molecule has 2 N–H and O–H groups in total. The number of H-pyrrole nitrogens is 1. The largest absolute Gasteiger partial charge is 0.394 e. The van der Waals surface area contributed by atoms with Crippen molar-refractivity contribution in [3.63, 3.8) is 0 Å². The van der Waals surface area contributed by atoms with E-state index in [0.29, 0.717) is 18.7 Å². The predicted octanol–water partition coefficient (Wildman–Crippen LogP) is 0.330. The molecule has 1 aromatic rings. The Labute approximate surface area is 106 Å². The van der Waals surface area contributed by atoms with Crippen molar-refractivity contribution in [2.45, 2.75) is 32.5 Å². The summed E-state index contributed by atoms with van der Waals surface area (Å²) in [6.07, 6.45) is 1.21. The molecule has 0 aliphatic carbocycles. The lowest BCUT2D eigenvalue weighted by Crippen LogP contribution is -2.55. The van der Waals surface area contributed by atoms with E-state index in [2.05, 4.69) is 10.2 Å².